The normalized spacial score (nSPS) is 15.2. The molecule has 1 fully saturated rings. The maximum absolute atomic E-state index is 13.2. The first-order valence-electron chi connectivity index (χ1n) is 11.3. The minimum atomic E-state index is -0.573. The third kappa shape index (κ3) is 6.58. The van der Waals surface area contributed by atoms with Gasteiger partial charge in [-0.05, 0) is 50.8 Å². The van der Waals surface area contributed by atoms with Crippen molar-refractivity contribution in [2.45, 2.75) is 71.5 Å². The molecular formula is C26H34N2O3. The predicted molar refractivity (Wildman–Crippen MR) is 123 cm³/mol. The average Bonchev–Trinajstić information content (AvgIpc) is 2.78. The van der Waals surface area contributed by atoms with E-state index in [4.69, 9.17) is 4.74 Å². The van der Waals surface area contributed by atoms with Crippen LogP contribution in [0.2, 0.25) is 0 Å². The summed E-state index contributed by atoms with van der Waals surface area (Å²) < 4.78 is 5.79. The van der Waals surface area contributed by atoms with E-state index in [1.54, 1.807) is 11.8 Å². The van der Waals surface area contributed by atoms with Crippen LogP contribution in [0.4, 0.5) is 0 Å². The van der Waals surface area contributed by atoms with Gasteiger partial charge in [-0.25, -0.2) is 0 Å². The van der Waals surface area contributed by atoms with Crippen LogP contribution in [0, 0.1) is 13.8 Å². The lowest BCUT2D eigenvalue weighted by Crippen LogP contribution is -2.51. The highest BCUT2D eigenvalue weighted by molar-refractivity contribution is 5.88. The first kappa shape index (κ1) is 22.9. The lowest BCUT2D eigenvalue weighted by atomic mass is 9.95. The van der Waals surface area contributed by atoms with Crippen molar-refractivity contribution >= 4 is 11.8 Å². The lowest BCUT2D eigenvalue weighted by Gasteiger charge is -2.31. The highest BCUT2D eigenvalue weighted by Crippen LogP contribution is 2.19. The van der Waals surface area contributed by atoms with Crippen LogP contribution in [-0.4, -0.2) is 35.4 Å². The number of benzene rings is 2. The average molecular weight is 423 g/mol. The molecule has 5 heteroatoms. The van der Waals surface area contributed by atoms with Crippen molar-refractivity contribution in [3.63, 3.8) is 0 Å². The summed E-state index contributed by atoms with van der Waals surface area (Å²) in [7, 11) is 0. The summed E-state index contributed by atoms with van der Waals surface area (Å²) in [5, 5.41) is 3.16. The zero-order valence-electron chi connectivity index (χ0n) is 18.9. The number of hydrogen-bond acceptors (Lipinski definition) is 3. The first-order chi connectivity index (χ1) is 14.9. The number of para-hydroxylation sites is 1. The zero-order chi connectivity index (χ0) is 22.2. The molecule has 0 radical (unpaired) electrons. The minimum absolute atomic E-state index is 0.0942. The Kier molecular flexibility index (Phi) is 8.10. The lowest BCUT2D eigenvalue weighted by molar-refractivity contribution is -0.142. The molecule has 1 saturated carbocycles. The number of hydrogen-bond donors (Lipinski definition) is 1. The topological polar surface area (TPSA) is 58.6 Å². The number of ether oxygens (including phenoxy) is 1. The molecule has 0 aromatic heterocycles. The molecule has 31 heavy (non-hydrogen) atoms. The van der Waals surface area contributed by atoms with Gasteiger partial charge in [-0.15, -0.1) is 0 Å². The Morgan fingerprint density at radius 2 is 1.71 bits per heavy atom. The fraction of sp³-hybridized carbons (Fsp3) is 0.462. The second-order valence-corrected chi connectivity index (χ2v) is 8.58. The van der Waals surface area contributed by atoms with Crippen molar-refractivity contribution in [2.75, 3.05) is 6.61 Å². The second-order valence-electron chi connectivity index (χ2n) is 8.58. The number of aryl methyl sites for hydroxylation is 2. The fourth-order valence-corrected chi connectivity index (χ4v) is 3.98. The van der Waals surface area contributed by atoms with Crippen molar-refractivity contribution in [1.29, 1.82) is 0 Å². The second kappa shape index (κ2) is 11.0. The van der Waals surface area contributed by atoms with Gasteiger partial charge in [-0.2, -0.15) is 0 Å². The van der Waals surface area contributed by atoms with E-state index in [1.807, 2.05) is 62.4 Å². The molecule has 1 aliphatic rings. The number of carbonyl (C=O) groups excluding carboxylic acids is 2. The predicted octanol–water partition coefficient (Wildman–Crippen LogP) is 4.55. The molecule has 0 spiro atoms. The minimum Gasteiger partial charge on any atom is -0.484 e. The van der Waals surface area contributed by atoms with E-state index >= 15 is 0 Å². The van der Waals surface area contributed by atoms with Crippen LogP contribution < -0.4 is 10.1 Å². The number of amides is 2. The Bertz CT molecular complexity index is 872. The van der Waals surface area contributed by atoms with Crippen molar-refractivity contribution in [1.82, 2.24) is 10.2 Å². The van der Waals surface area contributed by atoms with E-state index < -0.39 is 6.04 Å². The Labute approximate surface area is 185 Å². The summed E-state index contributed by atoms with van der Waals surface area (Å²) in [4.78, 5) is 27.8. The van der Waals surface area contributed by atoms with Crippen LogP contribution in [-0.2, 0) is 16.1 Å². The van der Waals surface area contributed by atoms with Gasteiger partial charge >= 0.3 is 0 Å². The van der Waals surface area contributed by atoms with Gasteiger partial charge in [-0.3, -0.25) is 9.59 Å². The third-order valence-electron chi connectivity index (χ3n) is 6.04. The van der Waals surface area contributed by atoms with Crippen LogP contribution in [0.3, 0.4) is 0 Å². The summed E-state index contributed by atoms with van der Waals surface area (Å²) in [6, 6.07) is 15.3. The molecular weight excluding hydrogens is 388 g/mol. The number of nitrogens with zero attached hydrogens (tertiary/aromatic N) is 1. The number of nitrogens with one attached hydrogen (secondary N) is 1. The van der Waals surface area contributed by atoms with Crippen LogP contribution in [0.15, 0.2) is 48.5 Å². The highest BCUT2D eigenvalue weighted by atomic mass is 16.5. The van der Waals surface area contributed by atoms with Gasteiger partial charge in [0.25, 0.3) is 5.91 Å². The Balaban J connectivity index is 1.70. The molecule has 1 atom stereocenters. The molecule has 3 rings (SSSR count). The molecule has 1 N–H and O–H groups in total. The van der Waals surface area contributed by atoms with E-state index in [0.717, 1.165) is 42.4 Å². The van der Waals surface area contributed by atoms with Crippen molar-refractivity contribution in [2.24, 2.45) is 0 Å². The molecule has 1 aliphatic carbocycles. The molecule has 0 heterocycles. The van der Waals surface area contributed by atoms with Gasteiger partial charge in [0.2, 0.25) is 5.91 Å². The van der Waals surface area contributed by atoms with Gasteiger partial charge in [0.05, 0.1) is 0 Å². The molecule has 0 bridgehead atoms. The van der Waals surface area contributed by atoms with E-state index in [9.17, 15) is 9.59 Å². The van der Waals surface area contributed by atoms with Crippen LogP contribution in [0.1, 0.15) is 55.7 Å². The SMILES string of the molecule is Cc1ccc(CN(C(=O)COc2ccccc2C)C(C)C(=O)NC2CCCCC2)cc1. The molecule has 166 valence electrons. The number of rotatable bonds is 8. The van der Waals surface area contributed by atoms with Crippen LogP contribution in [0.5, 0.6) is 5.75 Å². The maximum atomic E-state index is 13.2. The smallest absolute Gasteiger partial charge is 0.261 e. The summed E-state index contributed by atoms with van der Waals surface area (Å²) in [5.74, 6) is 0.392. The van der Waals surface area contributed by atoms with Gasteiger partial charge in [0, 0.05) is 12.6 Å². The molecule has 2 aromatic rings. The van der Waals surface area contributed by atoms with Gasteiger partial charge in [0.1, 0.15) is 11.8 Å². The molecule has 5 nitrogen and oxygen atoms in total. The van der Waals surface area contributed by atoms with E-state index in [-0.39, 0.29) is 24.5 Å². The summed E-state index contributed by atoms with van der Waals surface area (Å²) >= 11 is 0. The van der Waals surface area contributed by atoms with Crippen LogP contribution >= 0.6 is 0 Å². The largest absolute Gasteiger partial charge is 0.484 e. The van der Waals surface area contributed by atoms with Crippen molar-refractivity contribution in [3.8, 4) is 5.75 Å². The van der Waals surface area contributed by atoms with Crippen molar-refractivity contribution in [3.05, 3.63) is 65.2 Å². The molecule has 2 aromatic carbocycles. The zero-order valence-corrected chi connectivity index (χ0v) is 18.9. The van der Waals surface area contributed by atoms with Gasteiger partial charge in [-0.1, -0.05) is 67.3 Å². The van der Waals surface area contributed by atoms with Crippen LogP contribution in [0.25, 0.3) is 0 Å². The van der Waals surface area contributed by atoms with Gasteiger partial charge in [0.15, 0.2) is 6.61 Å². The summed E-state index contributed by atoms with van der Waals surface area (Å²) in [6.45, 7) is 6.05. The molecule has 2 amide bonds. The Morgan fingerprint density at radius 1 is 1.03 bits per heavy atom. The quantitative estimate of drug-likeness (QED) is 0.679. The molecule has 0 aliphatic heterocycles. The van der Waals surface area contributed by atoms with E-state index in [2.05, 4.69) is 5.32 Å². The van der Waals surface area contributed by atoms with Crippen molar-refractivity contribution < 1.29 is 14.3 Å². The number of carbonyl (C=O) groups is 2. The maximum Gasteiger partial charge on any atom is 0.261 e. The first-order valence-corrected chi connectivity index (χ1v) is 11.3. The standard InChI is InChI=1S/C26H34N2O3/c1-19-13-15-22(16-14-19)17-28(21(3)26(30)27-23-10-5-4-6-11-23)25(29)18-31-24-12-8-7-9-20(24)2/h7-9,12-16,21,23H,4-6,10-11,17-18H2,1-3H3,(H,27,30). The van der Waals surface area contributed by atoms with E-state index in [1.165, 1.54) is 6.42 Å². The monoisotopic (exact) mass is 422 g/mol. The third-order valence-corrected chi connectivity index (χ3v) is 6.04. The Hall–Kier alpha value is -2.82. The fourth-order valence-electron chi connectivity index (χ4n) is 3.98. The molecule has 1 unspecified atom stereocenters. The summed E-state index contributed by atoms with van der Waals surface area (Å²) in [6.07, 6.45) is 5.56. The van der Waals surface area contributed by atoms with E-state index in [0.29, 0.717) is 12.3 Å². The summed E-state index contributed by atoms with van der Waals surface area (Å²) in [5.41, 5.74) is 3.13. The molecule has 0 saturated heterocycles. The Morgan fingerprint density at radius 3 is 2.39 bits per heavy atom. The van der Waals surface area contributed by atoms with Gasteiger partial charge < -0.3 is 15.0 Å². The highest BCUT2D eigenvalue weighted by Gasteiger charge is 2.28.